The molecule has 0 aromatic heterocycles. The van der Waals surface area contributed by atoms with E-state index in [2.05, 4.69) is 23.6 Å². The average Bonchev–Trinajstić information content (AvgIpc) is 2.60. The summed E-state index contributed by atoms with van der Waals surface area (Å²) in [5.74, 6) is 1.52. The fourth-order valence-corrected chi connectivity index (χ4v) is 2.73. The molecule has 0 unspecified atom stereocenters. The van der Waals surface area contributed by atoms with E-state index in [1.807, 2.05) is 12.1 Å². The lowest BCUT2D eigenvalue weighted by molar-refractivity contribution is 0.354. The molecule has 0 saturated carbocycles. The van der Waals surface area contributed by atoms with Gasteiger partial charge in [-0.15, -0.1) is 0 Å². The number of benzene rings is 1. The Morgan fingerprint density at radius 3 is 2.29 bits per heavy atom. The Kier molecular flexibility index (Phi) is 11.0. The fraction of sp³-hybridized carbons (Fsp3) is 0.632. The third kappa shape index (κ3) is 8.39. The topological polar surface area (TPSA) is 42.5 Å². The first-order valence-corrected chi connectivity index (χ1v) is 9.34. The van der Waals surface area contributed by atoms with E-state index >= 15 is 0 Å². The molecule has 0 bridgehead atoms. The molecule has 0 atom stereocenters. The van der Waals surface area contributed by atoms with Gasteiger partial charge in [0.25, 0.3) is 0 Å². The minimum absolute atomic E-state index is 0.740. The Morgan fingerprint density at radius 1 is 0.917 bits per heavy atom. The molecule has 4 nitrogen and oxygen atoms in total. The number of hydrogen-bond donors (Lipinski definition) is 2. The van der Waals surface area contributed by atoms with Crippen LogP contribution in [0.15, 0.2) is 18.2 Å². The zero-order valence-corrected chi connectivity index (χ0v) is 16.1. The van der Waals surface area contributed by atoms with Crippen molar-refractivity contribution in [3.05, 3.63) is 23.8 Å². The number of methoxy groups -OCH3 is 2. The standard InChI is InChI=1S/C19H32N2O2S/c1-4-5-6-7-8-9-13-20-19(24)21-14-12-16-10-11-17(22-2)18(15-16)23-3/h10-11,15H,4-9,12-14H2,1-3H3,(H2,20,21,24). The van der Waals surface area contributed by atoms with Gasteiger partial charge in [0.1, 0.15) is 0 Å². The van der Waals surface area contributed by atoms with Crippen molar-refractivity contribution in [2.45, 2.75) is 51.9 Å². The molecule has 5 heteroatoms. The molecular formula is C19H32N2O2S. The maximum atomic E-state index is 5.32. The molecule has 1 aromatic rings. The summed E-state index contributed by atoms with van der Waals surface area (Å²) in [6.07, 6.45) is 8.68. The highest BCUT2D eigenvalue weighted by Crippen LogP contribution is 2.27. The van der Waals surface area contributed by atoms with E-state index in [0.29, 0.717) is 0 Å². The summed E-state index contributed by atoms with van der Waals surface area (Å²) in [7, 11) is 3.30. The number of ether oxygens (including phenoxy) is 2. The van der Waals surface area contributed by atoms with Gasteiger partial charge in [0, 0.05) is 13.1 Å². The van der Waals surface area contributed by atoms with Crippen LogP contribution >= 0.6 is 12.2 Å². The monoisotopic (exact) mass is 352 g/mol. The van der Waals surface area contributed by atoms with Gasteiger partial charge in [-0.3, -0.25) is 0 Å². The van der Waals surface area contributed by atoms with Crippen molar-refractivity contribution in [1.82, 2.24) is 10.6 Å². The van der Waals surface area contributed by atoms with Crippen molar-refractivity contribution >= 4 is 17.3 Å². The van der Waals surface area contributed by atoms with Gasteiger partial charge >= 0.3 is 0 Å². The maximum Gasteiger partial charge on any atom is 0.166 e. The summed E-state index contributed by atoms with van der Waals surface area (Å²) in [6, 6.07) is 5.99. The second kappa shape index (κ2) is 12.9. The first-order valence-electron chi connectivity index (χ1n) is 8.93. The van der Waals surface area contributed by atoms with Gasteiger partial charge in [-0.05, 0) is 42.8 Å². The summed E-state index contributed by atoms with van der Waals surface area (Å²) in [4.78, 5) is 0. The lowest BCUT2D eigenvalue weighted by atomic mass is 10.1. The molecule has 0 aliphatic rings. The predicted octanol–water partition coefficient (Wildman–Crippen LogP) is 4.07. The molecule has 0 aliphatic heterocycles. The molecule has 1 aromatic carbocycles. The molecule has 0 spiro atoms. The van der Waals surface area contributed by atoms with E-state index in [0.717, 1.165) is 36.1 Å². The number of hydrogen-bond acceptors (Lipinski definition) is 3. The average molecular weight is 353 g/mol. The van der Waals surface area contributed by atoms with Crippen molar-refractivity contribution in [2.24, 2.45) is 0 Å². The quantitative estimate of drug-likeness (QED) is 0.438. The molecule has 0 amide bonds. The molecule has 1 rings (SSSR count). The number of thiocarbonyl (C=S) groups is 1. The molecule has 0 saturated heterocycles. The van der Waals surface area contributed by atoms with Crippen molar-refractivity contribution in [3.63, 3.8) is 0 Å². The number of unbranched alkanes of at least 4 members (excludes halogenated alkanes) is 5. The molecular weight excluding hydrogens is 320 g/mol. The van der Waals surface area contributed by atoms with Gasteiger partial charge in [0.15, 0.2) is 16.6 Å². The fourth-order valence-electron chi connectivity index (χ4n) is 2.53. The maximum absolute atomic E-state index is 5.32. The van der Waals surface area contributed by atoms with Crippen LogP contribution in [-0.2, 0) is 6.42 Å². The summed E-state index contributed by atoms with van der Waals surface area (Å²) in [6.45, 7) is 4.00. The lowest BCUT2D eigenvalue weighted by Crippen LogP contribution is -2.36. The van der Waals surface area contributed by atoms with Crippen molar-refractivity contribution in [1.29, 1.82) is 0 Å². The van der Waals surface area contributed by atoms with Gasteiger partial charge in [0.05, 0.1) is 14.2 Å². The van der Waals surface area contributed by atoms with Crippen molar-refractivity contribution in [2.75, 3.05) is 27.3 Å². The van der Waals surface area contributed by atoms with Crippen LogP contribution in [0.3, 0.4) is 0 Å². The van der Waals surface area contributed by atoms with Crippen LogP contribution < -0.4 is 20.1 Å². The SMILES string of the molecule is CCCCCCCCNC(=S)NCCc1ccc(OC)c(OC)c1. The van der Waals surface area contributed by atoms with Crippen LogP contribution in [0, 0.1) is 0 Å². The number of nitrogens with one attached hydrogen (secondary N) is 2. The predicted molar refractivity (Wildman–Crippen MR) is 105 cm³/mol. The minimum Gasteiger partial charge on any atom is -0.493 e. The van der Waals surface area contributed by atoms with Crippen LogP contribution in [0.5, 0.6) is 11.5 Å². The van der Waals surface area contributed by atoms with E-state index in [4.69, 9.17) is 21.7 Å². The highest BCUT2D eigenvalue weighted by Gasteiger charge is 2.04. The van der Waals surface area contributed by atoms with Gasteiger partial charge in [0.2, 0.25) is 0 Å². The van der Waals surface area contributed by atoms with Gasteiger partial charge in [-0.2, -0.15) is 0 Å². The second-order valence-electron chi connectivity index (χ2n) is 5.89. The summed E-state index contributed by atoms with van der Waals surface area (Å²) in [5.41, 5.74) is 1.19. The summed E-state index contributed by atoms with van der Waals surface area (Å²) < 4.78 is 10.6. The molecule has 0 aliphatic carbocycles. The van der Waals surface area contributed by atoms with Crippen LogP contribution in [-0.4, -0.2) is 32.4 Å². The van der Waals surface area contributed by atoms with E-state index in [9.17, 15) is 0 Å². The minimum atomic E-state index is 0.740. The molecule has 136 valence electrons. The van der Waals surface area contributed by atoms with Crippen LogP contribution in [0.1, 0.15) is 51.0 Å². The Morgan fingerprint density at radius 2 is 1.58 bits per heavy atom. The van der Waals surface area contributed by atoms with Crippen LogP contribution in [0.2, 0.25) is 0 Å². The first-order chi connectivity index (χ1) is 11.7. The largest absolute Gasteiger partial charge is 0.493 e. The highest BCUT2D eigenvalue weighted by molar-refractivity contribution is 7.80. The third-order valence-corrected chi connectivity index (χ3v) is 4.25. The second-order valence-corrected chi connectivity index (χ2v) is 6.30. The lowest BCUT2D eigenvalue weighted by Gasteiger charge is -2.12. The van der Waals surface area contributed by atoms with Gasteiger partial charge in [-0.1, -0.05) is 45.1 Å². The smallest absolute Gasteiger partial charge is 0.166 e. The van der Waals surface area contributed by atoms with Crippen LogP contribution in [0.25, 0.3) is 0 Å². The molecule has 24 heavy (non-hydrogen) atoms. The van der Waals surface area contributed by atoms with E-state index in [-0.39, 0.29) is 0 Å². The molecule has 0 heterocycles. The number of rotatable bonds is 12. The van der Waals surface area contributed by atoms with E-state index in [1.165, 1.54) is 44.1 Å². The van der Waals surface area contributed by atoms with E-state index < -0.39 is 0 Å². The molecule has 2 N–H and O–H groups in total. The summed E-state index contributed by atoms with van der Waals surface area (Å²) >= 11 is 5.31. The third-order valence-electron chi connectivity index (χ3n) is 3.96. The first kappa shape index (κ1) is 20.6. The van der Waals surface area contributed by atoms with Crippen molar-refractivity contribution < 1.29 is 9.47 Å². The molecule has 0 fully saturated rings. The van der Waals surface area contributed by atoms with Gasteiger partial charge in [-0.25, -0.2) is 0 Å². The summed E-state index contributed by atoms with van der Waals surface area (Å²) in [5, 5.41) is 7.27. The normalized spacial score (nSPS) is 10.3. The Labute approximate surface area is 152 Å². The zero-order chi connectivity index (χ0) is 17.6. The van der Waals surface area contributed by atoms with Gasteiger partial charge < -0.3 is 20.1 Å². The zero-order valence-electron chi connectivity index (χ0n) is 15.3. The Hall–Kier alpha value is -1.49. The highest BCUT2D eigenvalue weighted by atomic mass is 32.1. The van der Waals surface area contributed by atoms with Crippen LogP contribution in [0.4, 0.5) is 0 Å². The Bertz CT molecular complexity index is 480. The van der Waals surface area contributed by atoms with Crippen molar-refractivity contribution in [3.8, 4) is 11.5 Å². The molecule has 0 radical (unpaired) electrons. The van der Waals surface area contributed by atoms with E-state index in [1.54, 1.807) is 14.2 Å². The Balaban J connectivity index is 2.15.